The molecule has 1 fully saturated rings. The minimum Gasteiger partial charge on any atom is -0.492 e. The van der Waals surface area contributed by atoms with Crippen LogP contribution in [0.4, 0.5) is 0 Å². The summed E-state index contributed by atoms with van der Waals surface area (Å²) in [5, 5.41) is 0.724. The number of pyridine rings is 1. The molecular weight excluding hydrogens is 392 g/mol. The summed E-state index contributed by atoms with van der Waals surface area (Å²) in [6.07, 6.45) is 4.43. The number of halogens is 1. The summed E-state index contributed by atoms with van der Waals surface area (Å²) in [6.45, 7) is 8.14. The summed E-state index contributed by atoms with van der Waals surface area (Å²) in [5.74, 6) is 7.11. The van der Waals surface area contributed by atoms with E-state index >= 15 is 0 Å². The summed E-state index contributed by atoms with van der Waals surface area (Å²) in [4.78, 5) is 6.90. The molecule has 0 N–H and O–H groups in total. The van der Waals surface area contributed by atoms with E-state index in [1.807, 2.05) is 60.8 Å². The van der Waals surface area contributed by atoms with Gasteiger partial charge in [0.25, 0.3) is 0 Å². The Morgan fingerprint density at radius 3 is 2.43 bits per heavy atom. The molecule has 0 unspecified atom stereocenters. The third-order valence-corrected chi connectivity index (χ3v) is 5.45. The first kappa shape index (κ1) is 20.5. The van der Waals surface area contributed by atoms with Crippen molar-refractivity contribution in [2.24, 2.45) is 0 Å². The van der Waals surface area contributed by atoms with Gasteiger partial charge in [0.1, 0.15) is 18.1 Å². The van der Waals surface area contributed by atoms with Crippen molar-refractivity contribution in [1.82, 2.24) is 9.88 Å². The number of benzene rings is 2. The molecule has 0 aliphatic carbocycles. The molecule has 1 aliphatic heterocycles. The highest BCUT2D eigenvalue weighted by Crippen LogP contribution is 2.21. The average Bonchev–Trinajstić information content (AvgIpc) is 3.28. The van der Waals surface area contributed by atoms with Gasteiger partial charge < -0.3 is 4.74 Å². The minimum absolute atomic E-state index is 0.692. The number of hydrogen-bond donors (Lipinski definition) is 0. The molecule has 1 aliphatic rings. The third-order valence-electron chi connectivity index (χ3n) is 5.20. The lowest BCUT2D eigenvalue weighted by Gasteiger charge is -2.15. The predicted molar refractivity (Wildman–Crippen MR) is 123 cm³/mol. The van der Waals surface area contributed by atoms with Crippen molar-refractivity contribution in [1.29, 1.82) is 0 Å². The van der Waals surface area contributed by atoms with Gasteiger partial charge in [-0.25, -0.2) is 4.98 Å². The Labute approximate surface area is 183 Å². The second kappa shape index (κ2) is 9.80. The van der Waals surface area contributed by atoms with Gasteiger partial charge in [-0.2, -0.15) is 0 Å². The zero-order valence-electron chi connectivity index (χ0n) is 16.9. The van der Waals surface area contributed by atoms with Crippen LogP contribution >= 0.6 is 11.6 Å². The van der Waals surface area contributed by atoms with Crippen LogP contribution in [0.3, 0.4) is 0 Å². The Kier molecular flexibility index (Phi) is 6.69. The predicted octanol–water partition coefficient (Wildman–Crippen LogP) is 5.46. The Bertz CT molecular complexity index is 1040. The SMILES string of the molecule is [CH2]c1cc(C#Cc2ccc(-c3ccc(Cl)cc3)cn2)ccc1OCCN1CCCC1. The monoisotopic (exact) mass is 415 g/mol. The quantitative estimate of drug-likeness (QED) is 0.517. The van der Waals surface area contributed by atoms with Crippen LogP contribution in [0, 0.1) is 18.8 Å². The molecule has 0 saturated carbocycles. The molecule has 0 spiro atoms. The van der Waals surface area contributed by atoms with Crippen molar-refractivity contribution in [2.45, 2.75) is 12.8 Å². The van der Waals surface area contributed by atoms with Gasteiger partial charge >= 0.3 is 0 Å². The molecule has 1 radical (unpaired) electrons. The molecule has 3 nitrogen and oxygen atoms in total. The molecule has 0 bridgehead atoms. The van der Waals surface area contributed by atoms with Crippen LogP contribution < -0.4 is 4.74 Å². The van der Waals surface area contributed by atoms with E-state index in [0.29, 0.717) is 6.61 Å². The fourth-order valence-corrected chi connectivity index (χ4v) is 3.63. The van der Waals surface area contributed by atoms with E-state index in [1.165, 1.54) is 25.9 Å². The average molecular weight is 416 g/mol. The van der Waals surface area contributed by atoms with Crippen molar-refractivity contribution in [3.8, 4) is 28.7 Å². The van der Waals surface area contributed by atoms with E-state index in [9.17, 15) is 0 Å². The fraction of sp³-hybridized carbons (Fsp3) is 0.231. The Morgan fingerprint density at radius 2 is 1.73 bits per heavy atom. The van der Waals surface area contributed by atoms with Gasteiger partial charge in [0, 0.05) is 28.9 Å². The van der Waals surface area contributed by atoms with E-state index in [0.717, 1.165) is 45.3 Å². The topological polar surface area (TPSA) is 25.4 Å². The standard InChI is InChI=1S/C26H24ClN2O/c1-20-18-21(5-13-26(20)30-17-16-29-14-2-3-15-29)4-11-25-12-8-23(19-28-25)22-6-9-24(27)10-7-22/h5-10,12-13,18-19H,1-3,14-17H2. The molecule has 30 heavy (non-hydrogen) atoms. The van der Waals surface area contributed by atoms with Gasteiger partial charge in [-0.05, 0) is 86.3 Å². The number of rotatable bonds is 5. The van der Waals surface area contributed by atoms with Crippen LogP contribution in [0.2, 0.25) is 5.02 Å². The highest BCUT2D eigenvalue weighted by Gasteiger charge is 2.11. The first-order valence-electron chi connectivity index (χ1n) is 10.2. The van der Waals surface area contributed by atoms with Crippen LogP contribution in [-0.2, 0) is 0 Å². The summed E-state index contributed by atoms with van der Waals surface area (Å²) in [6, 6.07) is 17.5. The molecular formula is C26H24ClN2O. The van der Waals surface area contributed by atoms with Crippen LogP contribution in [0.5, 0.6) is 5.75 Å². The maximum atomic E-state index is 5.95. The van der Waals surface area contributed by atoms with Crippen molar-refractivity contribution in [3.05, 3.63) is 89.6 Å². The lowest BCUT2D eigenvalue weighted by atomic mass is 10.1. The molecule has 3 aromatic rings. The van der Waals surface area contributed by atoms with Crippen LogP contribution in [0.25, 0.3) is 11.1 Å². The van der Waals surface area contributed by atoms with Crippen molar-refractivity contribution >= 4 is 11.6 Å². The summed E-state index contributed by atoms with van der Waals surface area (Å²) in [5.41, 5.74) is 4.59. The van der Waals surface area contributed by atoms with Crippen molar-refractivity contribution < 1.29 is 4.74 Å². The fourth-order valence-electron chi connectivity index (χ4n) is 3.51. The molecule has 1 aromatic heterocycles. The number of likely N-dealkylation sites (tertiary alicyclic amines) is 1. The molecule has 0 atom stereocenters. The lowest BCUT2D eigenvalue weighted by Crippen LogP contribution is -2.25. The van der Waals surface area contributed by atoms with Crippen LogP contribution in [0.1, 0.15) is 29.7 Å². The second-order valence-corrected chi connectivity index (χ2v) is 7.85. The second-order valence-electron chi connectivity index (χ2n) is 7.41. The normalized spacial score (nSPS) is 13.7. The Balaban J connectivity index is 1.37. The Morgan fingerprint density at radius 1 is 0.967 bits per heavy atom. The molecule has 151 valence electrons. The van der Waals surface area contributed by atoms with Gasteiger partial charge in [-0.1, -0.05) is 35.7 Å². The third kappa shape index (κ3) is 5.42. The Hall–Kier alpha value is -2.80. The van der Waals surface area contributed by atoms with Crippen LogP contribution in [0.15, 0.2) is 60.8 Å². The van der Waals surface area contributed by atoms with E-state index in [1.54, 1.807) is 0 Å². The number of aromatic nitrogens is 1. The molecule has 0 amide bonds. The van der Waals surface area contributed by atoms with Gasteiger partial charge in [-0.3, -0.25) is 4.90 Å². The van der Waals surface area contributed by atoms with E-state index in [-0.39, 0.29) is 0 Å². The van der Waals surface area contributed by atoms with Gasteiger partial charge in [-0.15, -0.1) is 0 Å². The zero-order valence-corrected chi connectivity index (χ0v) is 17.7. The van der Waals surface area contributed by atoms with Crippen molar-refractivity contribution in [3.63, 3.8) is 0 Å². The minimum atomic E-state index is 0.692. The maximum Gasteiger partial charge on any atom is 0.122 e. The van der Waals surface area contributed by atoms with E-state index in [2.05, 4.69) is 28.6 Å². The zero-order chi connectivity index (χ0) is 20.8. The number of hydrogen-bond acceptors (Lipinski definition) is 3. The van der Waals surface area contributed by atoms with E-state index < -0.39 is 0 Å². The molecule has 1 saturated heterocycles. The summed E-state index contributed by atoms with van der Waals surface area (Å²) < 4.78 is 5.91. The highest BCUT2D eigenvalue weighted by atomic mass is 35.5. The summed E-state index contributed by atoms with van der Waals surface area (Å²) >= 11 is 5.95. The molecule has 4 rings (SSSR count). The van der Waals surface area contributed by atoms with Gasteiger partial charge in [0.2, 0.25) is 0 Å². The highest BCUT2D eigenvalue weighted by molar-refractivity contribution is 6.30. The molecule has 2 aromatic carbocycles. The van der Waals surface area contributed by atoms with Gasteiger partial charge in [0.15, 0.2) is 0 Å². The first-order chi connectivity index (χ1) is 14.7. The molecule has 2 heterocycles. The summed E-state index contributed by atoms with van der Waals surface area (Å²) in [7, 11) is 0. The number of ether oxygens (including phenoxy) is 1. The largest absolute Gasteiger partial charge is 0.492 e. The van der Waals surface area contributed by atoms with E-state index in [4.69, 9.17) is 16.3 Å². The van der Waals surface area contributed by atoms with Crippen LogP contribution in [-0.4, -0.2) is 36.1 Å². The number of nitrogens with zero attached hydrogens (tertiary/aromatic N) is 2. The van der Waals surface area contributed by atoms with Gasteiger partial charge in [0.05, 0.1) is 0 Å². The lowest BCUT2D eigenvalue weighted by molar-refractivity contribution is 0.237. The smallest absolute Gasteiger partial charge is 0.122 e. The van der Waals surface area contributed by atoms with Crippen molar-refractivity contribution in [2.75, 3.05) is 26.2 Å². The first-order valence-corrected chi connectivity index (χ1v) is 10.6. The maximum absolute atomic E-state index is 5.95. The molecule has 4 heteroatoms.